The van der Waals surface area contributed by atoms with Gasteiger partial charge in [0.15, 0.2) is 0 Å². The molecule has 82 valence electrons. The summed E-state index contributed by atoms with van der Waals surface area (Å²) in [5.74, 6) is 0.705. The van der Waals surface area contributed by atoms with E-state index in [1.807, 2.05) is 0 Å². The molecule has 1 aliphatic rings. The van der Waals surface area contributed by atoms with Gasteiger partial charge in [-0.25, -0.2) is 0 Å². The molecular weight excluding hydrogens is 250 g/mol. The molecule has 0 saturated heterocycles. The van der Waals surface area contributed by atoms with Crippen molar-refractivity contribution in [1.29, 1.82) is 0 Å². The van der Waals surface area contributed by atoms with Gasteiger partial charge >= 0.3 is 0 Å². The molecule has 1 fully saturated rings. The molecule has 0 aromatic heterocycles. The van der Waals surface area contributed by atoms with Gasteiger partial charge in [-0.1, -0.05) is 41.9 Å². The first-order valence-electron chi connectivity index (χ1n) is 5.52. The first kappa shape index (κ1) is 11.2. The highest BCUT2D eigenvalue weighted by atomic mass is 79.9. The molecule has 15 heavy (non-hydrogen) atoms. The van der Waals surface area contributed by atoms with Gasteiger partial charge in [0.1, 0.15) is 0 Å². The molecule has 0 radical (unpaired) electrons. The number of aryl methyl sites for hydroxylation is 1. The van der Waals surface area contributed by atoms with Gasteiger partial charge in [0.05, 0.1) is 0 Å². The van der Waals surface area contributed by atoms with Crippen LogP contribution in [0.25, 0.3) is 0 Å². The van der Waals surface area contributed by atoms with E-state index in [1.165, 1.54) is 16.5 Å². The molecule has 0 aliphatic heterocycles. The monoisotopic (exact) mass is 267 g/mol. The van der Waals surface area contributed by atoms with Gasteiger partial charge in [-0.2, -0.15) is 0 Å². The van der Waals surface area contributed by atoms with Gasteiger partial charge in [-0.3, -0.25) is 0 Å². The van der Waals surface area contributed by atoms with Gasteiger partial charge in [-0.05, 0) is 41.9 Å². The Hall–Kier alpha value is -0.340. The standard InChI is InChI=1S/C13H18BrN/c1-13(2)11(12(13)15)7-6-9-4-3-5-10(14)8-9/h3-5,8,11-12H,6-7,15H2,1-2H3/t11-,12-/m1/s1. The van der Waals surface area contributed by atoms with E-state index in [0.717, 1.165) is 6.42 Å². The second-order valence-corrected chi connectivity index (χ2v) is 6.04. The summed E-state index contributed by atoms with van der Waals surface area (Å²) >= 11 is 3.49. The van der Waals surface area contributed by atoms with Gasteiger partial charge in [0.25, 0.3) is 0 Å². The highest BCUT2D eigenvalue weighted by Crippen LogP contribution is 2.52. The van der Waals surface area contributed by atoms with Gasteiger partial charge in [0.2, 0.25) is 0 Å². The molecule has 0 heterocycles. The van der Waals surface area contributed by atoms with Crippen LogP contribution in [0.4, 0.5) is 0 Å². The Labute approximate surface area is 100 Å². The third-order valence-electron chi connectivity index (χ3n) is 3.77. The smallest absolute Gasteiger partial charge is 0.0177 e. The number of halogens is 1. The predicted molar refractivity (Wildman–Crippen MR) is 67.7 cm³/mol. The Morgan fingerprint density at radius 3 is 2.60 bits per heavy atom. The zero-order valence-electron chi connectivity index (χ0n) is 9.33. The lowest BCUT2D eigenvalue weighted by Gasteiger charge is -2.03. The minimum Gasteiger partial charge on any atom is -0.327 e. The molecule has 1 aromatic carbocycles. The number of rotatable bonds is 3. The Morgan fingerprint density at radius 2 is 2.07 bits per heavy atom. The molecule has 0 unspecified atom stereocenters. The van der Waals surface area contributed by atoms with Gasteiger partial charge < -0.3 is 5.73 Å². The molecule has 2 rings (SSSR count). The summed E-state index contributed by atoms with van der Waals surface area (Å²) in [7, 11) is 0. The highest BCUT2D eigenvalue weighted by molar-refractivity contribution is 9.10. The third kappa shape index (κ3) is 2.26. The van der Waals surface area contributed by atoms with E-state index in [9.17, 15) is 0 Å². The van der Waals surface area contributed by atoms with Gasteiger partial charge in [0, 0.05) is 10.5 Å². The van der Waals surface area contributed by atoms with Crippen LogP contribution in [0.1, 0.15) is 25.8 Å². The highest BCUT2D eigenvalue weighted by Gasteiger charge is 2.54. The molecule has 2 N–H and O–H groups in total. The second kappa shape index (κ2) is 3.91. The van der Waals surface area contributed by atoms with E-state index in [0.29, 0.717) is 17.4 Å². The average molecular weight is 268 g/mol. The Morgan fingerprint density at radius 1 is 1.40 bits per heavy atom. The van der Waals surface area contributed by atoms with Crippen molar-refractivity contribution >= 4 is 15.9 Å². The maximum Gasteiger partial charge on any atom is 0.0177 e. The lowest BCUT2D eigenvalue weighted by molar-refractivity contribution is 0.530. The van der Waals surface area contributed by atoms with E-state index in [4.69, 9.17) is 5.73 Å². The topological polar surface area (TPSA) is 26.0 Å². The first-order valence-corrected chi connectivity index (χ1v) is 6.31. The van der Waals surface area contributed by atoms with E-state index in [1.54, 1.807) is 0 Å². The fraction of sp³-hybridized carbons (Fsp3) is 0.538. The SMILES string of the molecule is CC1(C)[C@H](N)[C@H]1CCc1cccc(Br)c1. The Kier molecular flexibility index (Phi) is 2.91. The lowest BCUT2D eigenvalue weighted by Crippen LogP contribution is -2.06. The summed E-state index contributed by atoms with van der Waals surface area (Å²) in [6.45, 7) is 4.53. The maximum absolute atomic E-state index is 6.03. The van der Waals surface area contributed by atoms with Crippen LogP contribution in [0, 0.1) is 11.3 Å². The summed E-state index contributed by atoms with van der Waals surface area (Å²) in [5.41, 5.74) is 7.80. The van der Waals surface area contributed by atoms with Crippen molar-refractivity contribution < 1.29 is 0 Å². The second-order valence-electron chi connectivity index (χ2n) is 5.12. The van der Waals surface area contributed by atoms with Crippen LogP contribution >= 0.6 is 15.9 Å². The van der Waals surface area contributed by atoms with E-state index < -0.39 is 0 Å². The molecule has 1 aliphatic carbocycles. The molecule has 0 amide bonds. The van der Waals surface area contributed by atoms with Crippen LogP contribution in [0.3, 0.4) is 0 Å². The number of benzene rings is 1. The average Bonchev–Trinajstić information content (AvgIpc) is 2.63. The van der Waals surface area contributed by atoms with E-state index in [2.05, 4.69) is 54.0 Å². The van der Waals surface area contributed by atoms with Crippen LogP contribution in [-0.2, 0) is 6.42 Å². The summed E-state index contributed by atoms with van der Waals surface area (Å²) in [4.78, 5) is 0. The van der Waals surface area contributed by atoms with Crippen molar-refractivity contribution in [2.75, 3.05) is 0 Å². The molecule has 2 heteroatoms. The largest absolute Gasteiger partial charge is 0.327 e. The lowest BCUT2D eigenvalue weighted by atomic mass is 10.0. The quantitative estimate of drug-likeness (QED) is 0.893. The number of nitrogens with two attached hydrogens (primary N) is 1. The van der Waals surface area contributed by atoms with E-state index >= 15 is 0 Å². The number of hydrogen-bond donors (Lipinski definition) is 1. The fourth-order valence-electron chi connectivity index (χ4n) is 2.35. The molecule has 1 aromatic rings. The summed E-state index contributed by atoms with van der Waals surface area (Å²) < 4.78 is 1.17. The number of hydrogen-bond acceptors (Lipinski definition) is 1. The molecular formula is C13H18BrN. The van der Waals surface area contributed by atoms with Gasteiger partial charge in [-0.15, -0.1) is 0 Å². The van der Waals surface area contributed by atoms with E-state index in [-0.39, 0.29) is 0 Å². The van der Waals surface area contributed by atoms with Crippen LogP contribution in [0.5, 0.6) is 0 Å². The zero-order valence-corrected chi connectivity index (χ0v) is 10.9. The van der Waals surface area contributed by atoms with Crippen LogP contribution < -0.4 is 5.73 Å². The first-order chi connectivity index (χ1) is 7.01. The van der Waals surface area contributed by atoms with Crippen molar-refractivity contribution in [3.05, 3.63) is 34.3 Å². The van der Waals surface area contributed by atoms with Crippen LogP contribution in [0.2, 0.25) is 0 Å². The summed E-state index contributed by atoms with van der Waals surface area (Å²) in [6.07, 6.45) is 2.35. The van der Waals surface area contributed by atoms with Crippen molar-refractivity contribution in [1.82, 2.24) is 0 Å². The van der Waals surface area contributed by atoms with Crippen LogP contribution in [0.15, 0.2) is 28.7 Å². The Bertz CT molecular complexity index is 359. The molecule has 1 saturated carbocycles. The molecule has 0 bridgehead atoms. The Balaban J connectivity index is 1.90. The van der Waals surface area contributed by atoms with Crippen molar-refractivity contribution in [3.8, 4) is 0 Å². The van der Waals surface area contributed by atoms with Crippen molar-refractivity contribution in [2.45, 2.75) is 32.7 Å². The summed E-state index contributed by atoms with van der Waals surface area (Å²) in [6, 6.07) is 8.95. The van der Waals surface area contributed by atoms with Crippen molar-refractivity contribution in [3.63, 3.8) is 0 Å². The minimum atomic E-state index is 0.367. The summed E-state index contributed by atoms with van der Waals surface area (Å²) in [5, 5.41) is 0. The zero-order chi connectivity index (χ0) is 11.1. The maximum atomic E-state index is 6.03. The third-order valence-corrected chi connectivity index (χ3v) is 4.27. The molecule has 0 spiro atoms. The van der Waals surface area contributed by atoms with Crippen molar-refractivity contribution in [2.24, 2.45) is 17.1 Å². The predicted octanol–water partition coefficient (Wildman–Crippen LogP) is 3.37. The molecule has 2 atom stereocenters. The minimum absolute atomic E-state index is 0.367. The fourth-order valence-corrected chi connectivity index (χ4v) is 2.80. The normalized spacial score (nSPS) is 27.7. The van der Waals surface area contributed by atoms with Crippen LogP contribution in [-0.4, -0.2) is 6.04 Å². The molecule has 1 nitrogen and oxygen atoms in total.